The fourth-order valence-electron chi connectivity index (χ4n) is 5.26. The maximum Gasteiger partial charge on any atom is 0.289 e. The second-order valence-corrected chi connectivity index (χ2v) is 10.4. The second-order valence-electron chi connectivity index (χ2n) is 9.54. The lowest BCUT2D eigenvalue weighted by molar-refractivity contribution is -0.281. The minimum atomic E-state index is -0.504. The summed E-state index contributed by atoms with van der Waals surface area (Å²) in [6.07, 6.45) is 3.99. The summed E-state index contributed by atoms with van der Waals surface area (Å²) in [5, 5.41) is 3.80. The first-order valence-corrected chi connectivity index (χ1v) is 13.3. The van der Waals surface area contributed by atoms with Crippen molar-refractivity contribution in [2.45, 2.75) is 43.8 Å². The number of benzene rings is 1. The number of furan rings is 1. The van der Waals surface area contributed by atoms with Crippen molar-refractivity contribution in [3.8, 4) is 0 Å². The van der Waals surface area contributed by atoms with Crippen LogP contribution in [-0.4, -0.2) is 71.8 Å². The molecule has 0 unspecified atom stereocenters. The molecule has 0 N–H and O–H groups in total. The van der Waals surface area contributed by atoms with Crippen LogP contribution < -0.4 is 0 Å². The molecular weight excluding hydrogens is 466 g/mol. The van der Waals surface area contributed by atoms with E-state index >= 15 is 0 Å². The molecule has 0 atom stereocenters. The van der Waals surface area contributed by atoms with E-state index in [-0.39, 0.29) is 17.7 Å². The van der Waals surface area contributed by atoms with Gasteiger partial charge in [-0.25, -0.2) is 4.98 Å². The molecule has 35 heavy (non-hydrogen) atoms. The van der Waals surface area contributed by atoms with Crippen LogP contribution in [0.25, 0.3) is 11.0 Å². The fraction of sp³-hybridized carbons (Fsp3) is 0.500. The molecule has 2 amide bonds. The van der Waals surface area contributed by atoms with Crippen LogP contribution in [0.15, 0.2) is 40.1 Å². The van der Waals surface area contributed by atoms with Gasteiger partial charge in [0.15, 0.2) is 11.5 Å². The molecule has 0 saturated carbocycles. The molecule has 0 radical (unpaired) electrons. The van der Waals surface area contributed by atoms with Crippen molar-refractivity contribution in [1.29, 1.82) is 0 Å². The van der Waals surface area contributed by atoms with Gasteiger partial charge in [-0.05, 0) is 31.4 Å². The number of nitrogens with zero attached hydrogens (tertiary/aromatic N) is 3. The van der Waals surface area contributed by atoms with Crippen LogP contribution >= 0.6 is 11.3 Å². The van der Waals surface area contributed by atoms with E-state index in [1.807, 2.05) is 45.5 Å². The molecule has 5 heterocycles. The molecule has 3 aliphatic heterocycles. The lowest BCUT2D eigenvalue weighted by Crippen LogP contribution is -2.51. The predicted molar refractivity (Wildman–Crippen MR) is 131 cm³/mol. The molecule has 3 aliphatic rings. The highest BCUT2D eigenvalue weighted by Crippen LogP contribution is 2.34. The maximum absolute atomic E-state index is 13.1. The van der Waals surface area contributed by atoms with Crippen LogP contribution in [0.1, 0.15) is 64.1 Å². The average Bonchev–Trinajstić information content (AvgIpc) is 3.57. The van der Waals surface area contributed by atoms with Crippen LogP contribution in [0.2, 0.25) is 0 Å². The Morgan fingerprint density at radius 2 is 1.69 bits per heavy atom. The quantitative estimate of drug-likeness (QED) is 0.539. The van der Waals surface area contributed by atoms with Gasteiger partial charge in [0.1, 0.15) is 11.3 Å². The van der Waals surface area contributed by atoms with E-state index < -0.39 is 5.79 Å². The van der Waals surface area contributed by atoms with E-state index in [2.05, 4.69) is 0 Å². The molecule has 184 valence electrons. The number of para-hydroxylation sites is 1. The van der Waals surface area contributed by atoms with Crippen molar-refractivity contribution in [3.63, 3.8) is 0 Å². The van der Waals surface area contributed by atoms with Gasteiger partial charge in [0.05, 0.1) is 18.2 Å². The number of rotatable bonds is 3. The molecule has 3 saturated heterocycles. The first kappa shape index (κ1) is 22.7. The number of hydrogen-bond acceptors (Lipinski definition) is 7. The van der Waals surface area contributed by atoms with Gasteiger partial charge in [0, 0.05) is 55.7 Å². The molecule has 3 aromatic rings. The number of thiazole rings is 1. The van der Waals surface area contributed by atoms with Gasteiger partial charge in [-0.1, -0.05) is 18.2 Å². The molecule has 2 aromatic heterocycles. The Hall–Kier alpha value is -2.75. The molecular formula is C26H29N3O5S. The van der Waals surface area contributed by atoms with Crippen molar-refractivity contribution in [2.75, 3.05) is 39.4 Å². The van der Waals surface area contributed by atoms with E-state index in [0.717, 1.165) is 48.5 Å². The zero-order chi connectivity index (χ0) is 23.8. The van der Waals surface area contributed by atoms with E-state index in [9.17, 15) is 9.59 Å². The minimum Gasteiger partial charge on any atom is -0.451 e. The molecule has 0 aliphatic carbocycles. The smallest absolute Gasteiger partial charge is 0.289 e. The van der Waals surface area contributed by atoms with Gasteiger partial charge < -0.3 is 23.7 Å². The molecule has 6 rings (SSSR count). The lowest BCUT2D eigenvalue weighted by atomic mass is 9.97. The van der Waals surface area contributed by atoms with E-state index in [1.165, 1.54) is 0 Å². The van der Waals surface area contributed by atoms with Crippen LogP contribution in [0.5, 0.6) is 0 Å². The Bertz CT molecular complexity index is 1180. The third-order valence-corrected chi connectivity index (χ3v) is 8.35. The van der Waals surface area contributed by atoms with Crippen molar-refractivity contribution in [2.24, 2.45) is 0 Å². The number of aromatic nitrogens is 1. The molecule has 1 spiro atoms. The summed E-state index contributed by atoms with van der Waals surface area (Å²) in [6.45, 7) is 4.00. The van der Waals surface area contributed by atoms with Crippen LogP contribution in [0.3, 0.4) is 0 Å². The summed E-state index contributed by atoms with van der Waals surface area (Å²) in [7, 11) is 0. The largest absolute Gasteiger partial charge is 0.451 e. The Balaban J connectivity index is 1.04. The van der Waals surface area contributed by atoms with Gasteiger partial charge in [-0.2, -0.15) is 0 Å². The zero-order valence-corrected chi connectivity index (χ0v) is 20.4. The number of fused-ring (bicyclic) bond motifs is 1. The SMILES string of the molecule is O=C(c1csc(C2CCN(C(=O)c3cc4ccccc4o3)CC2)n1)N1CCC2(CC1)OCCCO2. The molecule has 8 nitrogen and oxygen atoms in total. The van der Waals surface area contributed by atoms with E-state index in [1.54, 1.807) is 11.3 Å². The molecule has 3 fully saturated rings. The summed E-state index contributed by atoms with van der Waals surface area (Å²) in [5.74, 6) is 0.0592. The van der Waals surface area contributed by atoms with Crippen LogP contribution in [0, 0.1) is 0 Å². The Labute approximate surface area is 207 Å². The van der Waals surface area contributed by atoms with Gasteiger partial charge in [0.25, 0.3) is 11.8 Å². The first-order valence-electron chi connectivity index (χ1n) is 12.4. The number of hydrogen-bond donors (Lipinski definition) is 0. The van der Waals surface area contributed by atoms with Gasteiger partial charge in [-0.15, -0.1) is 11.3 Å². The topological polar surface area (TPSA) is 85.1 Å². The monoisotopic (exact) mass is 495 g/mol. The summed E-state index contributed by atoms with van der Waals surface area (Å²) >= 11 is 1.55. The van der Waals surface area contributed by atoms with Gasteiger partial charge >= 0.3 is 0 Å². The highest BCUT2D eigenvalue weighted by molar-refractivity contribution is 7.09. The third kappa shape index (κ3) is 4.48. The molecule has 1 aromatic carbocycles. The van der Waals surface area contributed by atoms with E-state index in [4.69, 9.17) is 18.9 Å². The number of amides is 2. The second kappa shape index (κ2) is 9.37. The molecule has 0 bridgehead atoms. The zero-order valence-electron chi connectivity index (χ0n) is 19.6. The summed E-state index contributed by atoms with van der Waals surface area (Å²) < 4.78 is 17.5. The highest BCUT2D eigenvalue weighted by atomic mass is 32.1. The normalized spacial score (nSPS) is 21.0. The Morgan fingerprint density at radius 3 is 2.43 bits per heavy atom. The average molecular weight is 496 g/mol. The van der Waals surface area contributed by atoms with Crippen molar-refractivity contribution in [3.05, 3.63) is 52.2 Å². The van der Waals surface area contributed by atoms with E-state index in [0.29, 0.717) is 50.5 Å². The maximum atomic E-state index is 13.1. The number of carbonyl (C=O) groups is 2. The fourth-order valence-corrected chi connectivity index (χ4v) is 6.23. The molecule has 9 heteroatoms. The van der Waals surface area contributed by atoms with Crippen molar-refractivity contribution in [1.82, 2.24) is 14.8 Å². The standard InChI is InChI=1S/C26H29N3O5S/c30-24(29-12-8-26(9-13-29)32-14-3-15-33-26)20-17-35-23(27-20)18-6-10-28(11-7-18)25(31)22-16-19-4-1-2-5-21(19)34-22/h1-2,4-5,16-18H,3,6-15H2. The number of likely N-dealkylation sites (tertiary alicyclic amines) is 2. The van der Waals surface area contributed by atoms with Crippen molar-refractivity contribution >= 4 is 34.1 Å². The van der Waals surface area contributed by atoms with Crippen molar-refractivity contribution < 1.29 is 23.5 Å². The number of carbonyl (C=O) groups excluding carboxylic acids is 2. The highest BCUT2D eigenvalue weighted by Gasteiger charge is 2.40. The first-order chi connectivity index (χ1) is 17.1. The number of ether oxygens (including phenoxy) is 2. The predicted octanol–water partition coefficient (Wildman–Crippen LogP) is 4.28. The lowest BCUT2D eigenvalue weighted by Gasteiger charge is -2.43. The summed E-state index contributed by atoms with van der Waals surface area (Å²) in [5.41, 5.74) is 1.25. The summed E-state index contributed by atoms with van der Waals surface area (Å²) in [6, 6.07) is 9.48. The van der Waals surface area contributed by atoms with Crippen LogP contribution in [-0.2, 0) is 9.47 Å². The third-order valence-electron chi connectivity index (χ3n) is 7.34. The number of piperidine rings is 2. The van der Waals surface area contributed by atoms with Gasteiger partial charge in [0.2, 0.25) is 0 Å². The Morgan fingerprint density at radius 1 is 0.971 bits per heavy atom. The van der Waals surface area contributed by atoms with Crippen LogP contribution in [0.4, 0.5) is 0 Å². The minimum absolute atomic E-state index is 0.0179. The van der Waals surface area contributed by atoms with Gasteiger partial charge in [-0.3, -0.25) is 9.59 Å². The Kier molecular flexibility index (Phi) is 6.07. The summed E-state index contributed by atoms with van der Waals surface area (Å²) in [4.78, 5) is 34.4.